The Balaban J connectivity index is 1.48. The molecule has 1 aliphatic heterocycles. The SMILES string of the molecule is CCn1c(NC(C)c2ccc(Cl)cc2)nc2c(c1=O)CN(C(=O)COc1ccc(Cl)cc1)CC2. The Morgan fingerprint density at radius 1 is 1.12 bits per heavy atom. The molecule has 3 aromatic rings. The highest BCUT2D eigenvalue weighted by Gasteiger charge is 2.26. The zero-order chi connectivity index (χ0) is 24.2. The summed E-state index contributed by atoms with van der Waals surface area (Å²) in [7, 11) is 0. The highest BCUT2D eigenvalue weighted by Crippen LogP contribution is 2.22. The maximum Gasteiger partial charge on any atom is 0.260 e. The minimum atomic E-state index is -0.179. The monoisotopic (exact) mass is 500 g/mol. The Bertz CT molecular complexity index is 1230. The fourth-order valence-corrected chi connectivity index (χ4v) is 4.18. The predicted octanol–water partition coefficient (Wildman–Crippen LogP) is 4.71. The van der Waals surface area contributed by atoms with Gasteiger partial charge in [0.05, 0.1) is 23.8 Å². The van der Waals surface area contributed by atoms with Crippen molar-refractivity contribution in [1.82, 2.24) is 14.5 Å². The lowest BCUT2D eigenvalue weighted by atomic mass is 10.1. The number of anilines is 1. The van der Waals surface area contributed by atoms with E-state index in [1.165, 1.54) is 0 Å². The fourth-order valence-electron chi connectivity index (χ4n) is 3.93. The zero-order valence-corrected chi connectivity index (χ0v) is 20.6. The minimum absolute atomic E-state index is 0.0632. The van der Waals surface area contributed by atoms with Crippen LogP contribution in [-0.2, 0) is 24.3 Å². The Hall–Kier alpha value is -3.03. The number of nitrogens with zero attached hydrogens (tertiary/aromatic N) is 3. The number of rotatable bonds is 7. The van der Waals surface area contributed by atoms with Crippen LogP contribution < -0.4 is 15.6 Å². The van der Waals surface area contributed by atoms with Gasteiger partial charge in [-0.1, -0.05) is 35.3 Å². The van der Waals surface area contributed by atoms with Gasteiger partial charge in [0.1, 0.15) is 5.75 Å². The van der Waals surface area contributed by atoms with Gasteiger partial charge in [0, 0.05) is 29.6 Å². The zero-order valence-electron chi connectivity index (χ0n) is 19.1. The first kappa shape index (κ1) is 24.1. The standard InChI is InChI=1S/C25H26Cl2N4O3/c1-3-31-24(33)21-14-30(23(32)15-34-20-10-8-19(27)9-11-20)13-12-22(21)29-25(31)28-16(2)17-4-6-18(26)7-5-17/h4-11,16H,3,12-15H2,1-2H3,(H,28,29). The topological polar surface area (TPSA) is 76.5 Å². The number of fused-ring (bicyclic) bond motifs is 1. The van der Waals surface area contributed by atoms with Crippen LogP contribution in [0.3, 0.4) is 0 Å². The van der Waals surface area contributed by atoms with Crippen molar-refractivity contribution in [3.63, 3.8) is 0 Å². The summed E-state index contributed by atoms with van der Waals surface area (Å²) < 4.78 is 7.20. The van der Waals surface area contributed by atoms with E-state index in [-0.39, 0.29) is 30.7 Å². The van der Waals surface area contributed by atoms with Crippen molar-refractivity contribution in [3.05, 3.63) is 85.8 Å². The van der Waals surface area contributed by atoms with Crippen LogP contribution in [0.2, 0.25) is 10.0 Å². The molecule has 0 saturated heterocycles. The van der Waals surface area contributed by atoms with Crippen molar-refractivity contribution in [2.24, 2.45) is 0 Å². The van der Waals surface area contributed by atoms with Gasteiger partial charge in [-0.2, -0.15) is 0 Å². The lowest BCUT2D eigenvalue weighted by Gasteiger charge is -2.29. The van der Waals surface area contributed by atoms with E-state index < -0.39 is 0 Å². The number of nitrogens with one attached hydrogen (secondary N) is 1. The summed E-state index contributed by atoms with van der Waals surface area (Å²) in [4.78, 5) is 32.4. The number of benzene rings is 2. The summed E-state index contributed by atoms with van der Waals surface area (Å²) in [5, 5.41) is 4.64. The van der Waals surface area contributed by atoms with E-state index in [1.54, 1.807) is 33.7 Å². The third-order valence-corrected chi connectivity index (χ3v) is 6.38. The molecular weight excluding hydrogens is 475 g/mol. The summed E-state index contributed by atoms with van der Waals surface area (Å²) in [5.74, 6) is 0.914. The second kappa shape index (κ2) is 10.5. The molecule has 1 aliphatic rings. The molecule has 1 unspecified atom stereocenters. The van der Waals surface area contributed by atoms with Crippen LogP contribution in [-0.4, -0.2) is 33.5 Å². The van der Waals surface area contributed by atoms with Gasteiger partial charge in [-0.05, 0) is 55.8 Å². The van der Waals surface area contributed by atoms with Crippen LogP contribution in [0.25, 0.3) is 0 Å². The third kappa shape index (κ3) is 5.37. The van der Waals surface area contributed by atoms with Crippen LogP contribution in [0.15, 0.2) is 53.3 Å². The Kier molecular flexibility index (Phi) is 7.44. The van der Waals surface area contributed by atoms with E-state index >= 15 is 0 Å². The quantitative estimate of drug-likeness (QED) is 0.508. The van der Waals surface area contributed by atoms with Gasteiger partial charge >= 0.3 is 0 Å². The van der Waals surface area contributed by atoms with Gasteiger partial charge in [-0.25, -0.2) is 4.98 Å². The summed E-state index contributed by atoms with van der Waals surface area (Å²) in [6.45, 7) is 4.96. The number of halogens is 2. The van der Waals surface area contributed by atoms with Gasteiger partial charge in [0.15, 0.2) is 6.61 Å². The van der Waals surface area contributed by atoms with Gasteiger partial charge in [-0.15, -0.1) is 0 Å². The Morgan fingerprint density at radius 2 is 1.76 bits per heavy atom. The molecule has 4 rings (SSSR count). The number of hydrogen-bond donors (Lipinski definition) is 1. The average Bonchev–Trinajstić information content (AvgIpc) is 2.84. The van der Waals surface area contributed by atoms with Crippen molar-refractivity contribution >= 4 is 35.1 Å². The van der Waals surface area contributed by atoms with Crippen LogP contribution in [0.4, 0.5) is 5.95 Å². The maximum atomic E-state index is 13.3. The lowest BCUT2D eigenvalue weighted by molar-refractivity contribution is -0.134. The number of carbonyl (C=O) groups excluding carboxylic acids is 1. The molecule has 7 nitrogen and oxygen atoms in total. The fraction of sp³-hybridized carbons (Fsp3) is 0.320. The van der Waals surface area contributed by atoms with E-state index in [4.69, 9.17) is 32.9 Å². The molecule has 0 radical (unpaired) electrons. The molecule has 1 aromatic heterocycles. The normalized spacial score (nSPS) is 13.8. The summed E-state index contributed by atoms with van der Waals surface area (Å²) in [6, 6.07) is 14.3. The second-order valence-electron chi connectivity index (χ2n) is 8.14. The average molecular weight is 501 g/mol. The van der Waals surface area contributed by atoms with E-state index in [0.717, 1.165) is 11.3 Å². The number of ether oxygens (including phenoxy) is 1. The number of amides is 1. The van der Waals surface area contributed by atoms with Gasteiger partial charge in [0.25, 0.3) is 11.5 Å². The van der Waals surface area contributed by atoms with Crippen LogP contribution in [0, 0.1) is 0 Å². The maximum absolute atomic E-state index is 13.3. The van der Waals surface area contributed by atoms with Gasteiger partial charge in [0.2, 0.25) is 5.95 Å². The number of hydrogen-bond acceptors (Lipinski definition) is 5. The van der Waals surface area contributed by atoms with E-state index in [0.29, 0.717) is 46.8 Å². The van der Waals surface area contributed by atoms with Crippen molar-refractivity contribution in [3.8, 4) is 5.75 Å². The Labute approximate surface area is 208 Å². The van der Waals surface area contributed by atoms with Crippen LogP contribution in [0.5, 0.6) is 5.75 Å². The smallest absolute Gasteiger partial charge is 0.260 e. The van der Waals surface area contributed by atoms with E-state index in [9.17, 15) is 9.59 Å². The molecule has 0 aliphatic carbocycles. The third-order valence-electron chi connectivity index (χ3n) is 5.88. The number of aromatic nitrogens is 2. The Morgan fingerprint density at radius 3 is 2.41 bits per heavy atom. The van der Waals surface area contributed by atoms with Crippen molar-refractivity contribution in [2.75, 3.05) is 18.5 Å². The first-order chi connectivity index (χ1) is 16.4. The molecule has 0 bridgehead atoms. The number of carbonyl (C=O) groups is 1. The van der Waals surface area contributed by atoms with Crippen molar-refractivity contribution in [1.29, 1.82) is 0 Å². The van der Waals surface area contributed by atoms with Crippen molar-refractivity contribution in [2.45, 2.75) is 39.4 Å². The molecule has 1 atom stereocenters. The molecule has 178 valence electrons. The van der Waals surface area contributed by atoms with Gasteiger partial charge in [-0.3, -0.25) is 14.2 Å². The molecule has 2 aromatic carbocycles. The molecule has 9 heteroatoms. The molecule has 1 amide bonds. The van der Waals surface area contributed by atoms with E-state index in [2.05, 4.69) is 5.32 Å². The van der Waals surface area contributed by atoms with Crippen molar-refractivity contribution < 1.29 is 9.53 Å². The minimum Gasteiger partial charge on any atom is -0.484 e. The molecule has 0 spiro atoms. The second-order valence-corrected chi connectivity index (χ2v) is 9.01. The van der Waals surface area contributed by atoms with Crippen LogP contribution in [0.1, 0.15) is 36.7 Å². The molecule has 34 heavy (non-hydrogen) atoms. The largest absolute Gasteiger partial charge is 0.484 e. The molecule has 2 heterocycles. The summed E-state index contributed by atoms with van der Waals surface area (Å²) in [5.41, 5.74) is 2.19. The summed E-state index contributed by atoms with van der Waals surface area (Å²) in [6.07, 6.45) is 0.506. The highest BCUT2D eigenvalue weighted by atomic mass is 35.5. The molecular formula is C25H26Cl2N4O3. The molecule has 0 fully saturated rings. The van der Waals surface area contributed by atoms with E-state index in [1.807, 2.05) is 38.1 Å². The summed E-state index contributed by atoms with van der Waals surface area (Å²) >= 11 is 11.9. The van der Waals surface area contributed by atoms with Crippen LogP contribution >= 0.6 is 23.2 Å². The first-order valence-electron chi connectivity index (χ1n) is 11.2. The first-order valence-corrected chi connectivity index (χ1v) is 11.9. The molecule has 0 saturated carbocycles. The predicted molar refractivity (Wildman–Crippen MR) is 134 cm³/mol. The lowest BCUT2D eigenvalue weighted by Crippen LogP contribution is -2.43. The molecule has 1 N–H and O–H groups in total. The van der Waals surface area contributed by atoms with Gasteiger partial charge < -0.3 is 15.0 Å². The highest BCUT2D eigenvalue weighted by molar-refractivity contribution is 6.30.